The lowest BCUT2D eigenvalue weighted by Crippen LogP contribution is -2.35. The standard InChI is InChI=1S/C19H19NO3/c21-18(20-11-8-14-4-2-1-3-5-14)19(9-10-19)15-6-7-16-17(12-15)23-13-22-16/h1-7,12H,8-11,13H2,(H,20,21). The van der Waals surface area contributed by atoms with Crippen LogP contribution in [-0.4, -0.2) is 19.2 Å². The highest BCUT2D eigenvalue weighted by molar-refractivity contribution is 5.91. The van der Waals surface area contributed by atoms with E-state index in [0.29, 0.717) is 6.54 Å². The molecule has 1 aliphatic heterocycles. The monoisotopic (exact) mass is 309 g/mol. The number of fused-ring (bicyclic) bond motifs is 1. The molecule has 2 aromatic rings. The zero-order chi connectivity index (χ0) is 15.7. The molecule has 23 heavy (non-hydrogen) atoms. The summed E-state index contributed by atoms with van der Waals surface area (Å²) in [6, 6.07) is 16.0. The second kappa shape index (κ2) is 5.61. The van der Waals surface area contributed by atoms with Gasteiger partial charge in [-0.1, -0.05) is 36.4 Å². The Morgan fingerprint density at radius 1 is 1.04 bits per heavy atom. The first-order chi connectivity index (χ1) is 11.3. The lowest BCUT2D eigenvalue weighted by atomic mass is 9.94. The van der Waals surface area contributed by atoms with Crippen LogP contribution in [0.1, 0.15) is 24.0 Å². The Kier molecular flexibility index (Phi) is 3.45. The van der Waals surface area contributed by atoms with Crippen LogP contribution in [0, 0.1) is 0 Å². The number of hydrogen-bond donors (Lipinski definition) is 1. The minimum absolute atomic E-state index is 0.118. The molecule has 1 N–H and O–H groups in total. The lowest BCUT2D eigenvalue weighted by molar-refractivity contribution is -0.123. The number of ether oxygens (including phenoxy) is 2. The van der Waals surface area contributed by atoms with Crippen LogP contribution in [0.25, 0.3) is 0 Å². The number of nitrogens with one attached hydrogen (secondary N) is 1. The Bertz CT molecular complexity index is 723. The number of hydrogen-bond acceptors (Lipinski definition) is 3. The summed E-state index contributed by atoms with van der Waals surface area (Å²) in [5.74, 6) is 1.62. The molecule has 4 rings (SSSR count). The smallest absolute Gasteiger partial charge is 0.231 e. The summed E-state index contributed by atoms with van der Waals surface area (Å²) in [4.78, 5) is 12.6. The van der Waals surface area contributed by atoms with E-state index in [9.17, 15) is 4.79 Å². The Morgan fingerprint density at radius 3 is 2.61 bits per heavy atom. The molecule has 0 bridgehead atoms. The minimum Gasteiger partial charge on any atom is -0.454 e. The van der Waals surface area contributed by atoms with Gasteiger partial charge in [0, 0.05) is 6.54 Å². The average molecular weight is 309 g/mol. The first kappa shape index (κ1) is 14.1. The predicted octanol–water partition coefficient (Wildman–Crippen LogP) is 2.81. The normalized spacial score (nSPS) is 16.9. The SMILES string of the molecule is O=C(NCCc1ccccc1)C1(c2ccc3c(c2)OCO3)CC1. The molecule has 2 aliphatic rings. The van der Waals surface area contributed by atoms with Gasteiger partial charge in [-0.25, -0.2) is 0 Å². The molecule has 1 saturated carbocycles. The maximum atomic E-state index is 12.6. The van der Waals surface area contributed by atoms with Crippen molar-refractivity contribution >= 4 is 5.91 Å². The summed E-state index contributed by atoms with van der Waals surface area (Å²) < 4.78 is 10.8. The quantitative estimate of drug-likeness (QED) is 0.924. The first-order valence-corrected chi connectivity index (χ1v) is 8.00. The highest BCUT2D eigenvalue weighted by Gasteiger charge is 2.51. The molecule has 0 radical (unpaired) electrons. The summed E-state index contributed by atoms with van der Waals surface area (Å²) in [5.41, 5.74) is 1.89. The molecule has 4 nitrogen and oxygen atoms in total. The van der Waals surface area contributed by atoms with E-state index in [-0.39, 0.29) is 18.1 Å². The minimum atomic E-state index is -0.377. The van der Waals surface area contributed by atoms with Crippen LogP contribution >= 0.6 is 0 Å². The Balaban J connectivity index is 1.41. The fraction of sp³-hybridized carbons (Fsp3) is 0.316. The molecule has 0 unspecified atom stereocenters. The van der Waals surface area contributed by atoms with Crippen molar-refractivity contribution in [3.8, 4) is 11.5 Å². The van der Waals surface area contributed by atoms with E-state index in [0.717, 1.165) is 36.3 Å². The van der Waals surface area contributed by atoms with Gasteiger partial charge in [0.05, 0.1) is 5.41 Å². The Labute approximate surface area is 135 Å². The fourth-order valence-corrected chi connectivity index (χ4v) is 3.10. The molecular weight excluding hydrogens is 290 g/mol. The van der Waals surface area contributed by atoms with Crippen molar-refractivity contribution in [2.24, 2.45) is 0 Å². The summed E-state index contributed by atoms with van der Waals surface area (Å²) in [6.45, 7) is 0.921. The van der Waals surface area contributed by atoms with Gasteiger partial charge in [0.2, 0.25) is 12.7 Å². The molecule has 0 aromatic heterocycles. The number of carbonyl (C=O) groups excluding carboxylic acids is 1. The Hall–Kier alpha value is -2.49. The molecule has 1 fully saturated rings. The van der Waals surface area contributed by atoms with Gasteiger partial charge in [-0.3, -0.25) is 4.79 Å². The summed E-state index contributed by atoms with van der Waals surface area (Å²) in [5, 5.41) is 3.09. The van der Waals surface area contributed by atoms with E-state index in [2.05, 4.69) is 17.4 Å². The van der Waals surface area contributed by atoms with Gasteiger partial charge in [-0.15, -0.1) is 0 Å². The van der Waals surface area contributed by atoms with Crippen LogP contribution in [0.3, 0.4) is 0 Å². The highest BCUT2D eigenvalue weighted by Crippen LogP contribution is 2.50. The molecule has 4 heteroatoms. The summed E-state index contributed by atoms with van der Waals surface area (Å²) in [6.07, 6.45) is 2.64. The van der Waals surface area contributed by atoms with Crippen molar-refractivity contribution in [1.82, 2.24) is 5.32 Å². The lowest BCUT2D eigenvalue weighted by Gasteiger charge is -2.16. The van der Waals surface area contributed by atoms with Crippen molar-refractivity contribution < 1.29 is 14.3 Å². The van der Waals surface area contributed by atoms with Crippen LogP contribution in [0.2, 0.25) is 0 Å². The summed E-state index contributed by atoms with van der Waals surface area (Å²) >= 11 is 0. The second-order valence-electron chi connectivity index (χ2n) is 6.14. The maximum absolute atomic E-state index is 12.6. The fourth-order valence-electron chi connectivity index (χ4n) is 3.10. The van der Waals surface area contributed by atoms with E-state index in [1.54, 1.807) is 0 Å². The van der Waals surface area contributed by atoms with Crippen molar-refractivity contribution in [2.45, 2.75) is 24.7 Å². The van der Waals surface area contributed by atoms with Crippen molar-refractivity contribution in [1.29, 1.82) is 0 Å². The number of benzene rings is 2. The number of carbonyl (C=O) groups is 1. The van der Waals surface area contributed by atoms with Gasteiger partial charge in [0.25, 0.3) is 0 Å². The molecule has 0 spiro atoms. The van der Waals surface area contributed by atoms with Crippen LogP contribution in [0.5, 0.6) is 11.5 Å². The van der Waals surface area contributed by atoms with E-state index in [1.165, 1.54) is 5.56 Å². The average Bonchev–Trinajstić information content (AvgIpc) is 3.27. The molecule has 1 heterocycles. The van der Waals surface area contributed by atoms with Gasteiger partial charge in [-0.2, -0.15) is 0 Å². The molecule has 1 amide bonds. The zero-order valence-corrected chi connectivity index (χ0v) is 12.9. The van der Waals surface area contributed by atoms with E-state index in [1.807, 2.05) is 36.4 Å². The Morgan fingerprint density at radius 2 is 1.83 bits per heavy atom. The summed E-state index contributed by atoms with van der Waals surface area (Å²) in [7, 11) is 0. The molecular formula is C19H19NO3. The molecule has 1 aliphatic carbocycles. The van der Waals surface area contributed by atoms with Crippen LogP contribution in [-0.2, 0) is 16.6 Å². The van der Waals surface area contributed by atoms with Gasteiger partial charge in [0.1, 0.15) is 0 Å². The molecule has 0 atom stereocenters. The van der Waals surface area contributed by atoms with Crippen molar-refractivity contribution in [3.05, 3.63) is 59.7 Å². The van der Waals surface area contributed by atoms with Crippen LogP contribution < -0.4 is 14.8 Å². The van der Waals surface area contributed by atoms with E-state index < -0.39 is 0 Å². The third-order valence-corrected chi connectivity index (χ3v) is 4.65. The van der Waals surface area contributed by atoms with E-state index in [4.69, 9.17) is 9.47 Å². The van der Waals surface area contributed by atoms with E-state index >= 15 is 0 Å². The van der Waals surface area contributed by atoms with Gasteiger partial charge < -0.3 is 14.8 Å². The maximum Gasteiger partial charge on any atom is 0.231 e. The zero-order valence-electron chi connectivity index (χ0n) is 12.9. The molecule has 0 saturated heterocycles. The van der Waals surface area contributed by atoms with Crippen molar-refractivity contribution in [2.75, 3.05) is 13.3 Å². The number of rotatable bonds is 5. The van der Waals surface area contributed by atoms with Gasteiger partial charge in [0.15, 0.2) is 11.5 Å². The number of amides is 1. The second-order valence-corrected chi connectivity index (χ2v) is 6.14. The molecule has 2 aromatic carbocycles. The molecule has 118 valence electrons. The third-order valence-electron chi connectivity index (χ3n) is 4.65. The first-order valence-electron chi connectivity index (χ1n) is 8.00. The van der Waals surface area contributed by atoms with Gasteiger partial charge in [-0.05, 0) is 42.5 Å². The highest BCUT2D eigenvalue weighted by atomic mass is 16.7. The largest absolute Gasteiger partial charge is 0.454 e. The van der Waals surface area contributed by atoms with Crippen LogP contribution in [0.15, 0.2) is 48.5 Å². The van der Waals surface area contributed by atoms with Gasteiger partial charge >= 0.3 is 0 Å². The predicted molar refractivity (Wildman–Crippen MR) is 86.6 cm³/mol. The van der Waals surface area contributed by atoms with Crippen LogP contribution in [0.4, 0.5) is 0 Å². The third kappa shape index (κ3) is 2.65. The topological polar surface area (TPSA) is 47.6 Å². The van der Waals surface area contributed by atoms with Crippen molar-refractivity contribution in [3.63, 3.8) is 0 Å².